The van der Waals surface area contributed by atoms with E-state index < -0.39 is 54.2 Å². The van der Waals surface area contributed by atoms with Gasteiger partial charge in [-0.15, -0.1) is 0 Å². The molecule has 0 bridgehead atoms. The summed E-state index contributed by atoms with van der Waals surface area (Å²) in [5, 5.41) is 32.4. The maximum atomic E-state index is 10.3. The number of aliphatic hydroxyl groups is 3. The van der Waals surface area contributed by atoms with Crippen LogP contribution in [0.3, 0.4) is 0 Å². The Bertz CT molecular complexity index is 879. The van der Waals surface area contributed by atoms with Crippen LogP contribution < -0.4 is 19.9 Å². The molecule has 0 aliphatic carbocycles. The maximum absolute atomic E-state index is 10.3. The molecule has 2 aliphatic heterocycles. The second-order valence-electron chi connectivity index (χ2n) is 6.66. The minimum absolute atomic E-state index is 0.242. The number of imidazole rings is 1. The molecule has 0 spiro atoms. The van der Waals surface area contributed by atoms with E-state index in [4.69, 9.17) is 16.2 Å². The van der Waals surface area contributed by atoms with Crippen molar-refractivity contribution in [3.05, 3.63) is 36.3 Å². The molecular formula is C16H20HgN6O4S. The van der Waals surface area contributed by atoms with E-state index in [0.29, 0.717) is 11.5 Å². The fourth-order valence-electron chi connectivity index (χ4n) is 3.23. The zero-order chi connectivity index (χ0) is 19.8. The van der Waals surface area contributed by atoms with Crippen molar-refractivity contribution in [3.63, 3.8) is 0 Å². The number of aromatic nitrogens is 2. The molecule has 3 heterocycles. The molecular weight excluding hydrogens is 573 g/mol. The topological polar surface area (TPSA) is 164 Å². The van der Waals surface area contributed by atoms with Gasteiger partial charge in [0.2, 0.25) is 0 Å². The summed E-state index contributed by atoms with van der Waals surface area (Å²) in [4.78, 5) is 8.92. The summed E-state index contributed by atoms with van der Waals surface area (Å²) in [6.45, 7) is -0.391. The first-order valence-corrected chi connectivity index (χ1v) is 19.3. The summed E-state index contributed by atoms with van der Waals surface area (Å²) in [5.74, 6) is 0.828. The number of ether oxygens (including phenoxy) is 1. The Kier molecular flexibility index (Phi) is 5.81. The van der Waals surface area contributed by atoms with E-state index >= 15 is 0 Å². The summed E-state index contributed by atoms with van der Waals surface area (Å²) in [5.41, 5.74) is 13.2. The minimum atomic E-state index is -1.54. The Morgan fingerprint density at radius 2 is 1.96 bits per heavy atom. The van der Waals surface area contributed by atoms with E-state index in [0.717, 1.165) is 5.69 Å². The van der Waals surface area contributed by atoms with Gasteiger partial charge in [-0.05, 0) is 0 Å². The van der Waals surface area contributed by atoms with E-state index in [1.54, 1.807) is 12.8 Å². The number of nitrogens with two attached hydrogens (primary N) is 2. The predicted molar refractivity (Wildman–Crippen MR) is 101 cm³/mol. The van der Waals surface area contributed by atoms with Gasteiger partial charge in [0.25, 0.3) is 0 Å². The van der Waals surface area contributed by atoms with Crippen molar-refractivity contribution in [2.75, 3.05) is 17.7 Å². The van der Waals surface area contributed by atoms with Crippen LogP contribution in [0.2, 0.25) is 0 Å². The summed E-state index contributed by atoms with van der Waals surface area (Å²) >= 11 is -1.54. The number of rotatable bonds is 5. The van der Waals surface area contributed by atoms with Crippen LogP contribution in [0.15, 0.2) is 35.6 Å². The number of nitrogens with one attached hydrogen (secondary N) is 1. The van der Waals surface area contributed by atoms with E-state index in [-0.39, 0.29) is 11.3 Å². The van der Waals surface area contributed by atoms with Gasteiger partial charge in [-0.3, -0.25) is 0 Å². The van der Waals surface area contributed by atoms with Gasteiger partial charge in [0.05, 0.1) is 0 Å². The number of hydrogen-bond acceptors (Lipinski definition) is 10. The summed E-state index contributed by atoms with van der Waals surface area (Å²) < 4.78 is 8.51. The molecule has 146 valence electrons. The molecule has 28 heavy (non-hydrogen) atoms. The molecule has 10 nitrogen and oxygen atoms in total. The van der Waals surface area contributed by atoms with Crippen molar-refractivity contribution in [3.8, 4) is 0 Å². The second kappa shape index (κ2) is 8.16. The third-order valence-corrected chi connectivity index (χ3v) is 17.2. The fourth-order valence-corrected chi connectivity index (χ4v) is 14.3. The number of guanidine groups is 1. The second-order valence-corrected chi connectivity index (χ2v) is 18.2. The quantitative estimate of drug-likeness (QED) is 0.186. The molecule has 2 aliphatic rings. The number of hydrogen-bond donors (Lipinski definition) is 6. The number of aliphatic hydroxyl groups excluding tert-OH is 3. The van der Waals surface area contributed by atoms with E-state index in [9.17, 15) is 15.3 Å². The number of nitrogens with zero attached hydrogens (tertiary/aromatic N) is 3. The van der Waals surface area contributed by atoms with Crippen LogP contribution in [-0.4, -0.2) is 55.7 Å². The molecule has 0 saturated carbocycles. The number of nitrogen functional groups attached to an aromatic ring is 1. The molecule has 1 saturated heterocycles. The first-order chi connectivity index (χ1) is 13.5. The van der Waals surface area contributed by atoms with Gasteiger partial charge in [0.15, 0.2) is 0 Å². The van der Waals surface area contributed by atoms with Gasteiger partial charge in [-0.2, -0.15) is 0 Å². The number of anilines is 2. The van der Waals surface area contributed by atoms with Crippen molar-refractivity contribution in [2.24, 2.45) is 10.7 Å². The third-order valence-electron chi connectivity index (χ3n) is 4.74. The molecule has 0 radical (unpaired) electrons. The molecule has 0 amide bonds. The summed E-state index contributed by atoms with van der Waals surface area (Å²) in [7, 11) is 1.77. The van der Waals surface area contributed by atoms with Gasteiger partial charge < -0.3 is 0 Å². The average molecular weight is 593 g/mol. The van der Waals surface area contributed by atoms with Crippen molar-refractivity contribution >= 4 is 28.8 Å². The van der Waals surface area contributed by atoms with Crippen LogP contribution in [0.1, 0.15) is 17.3 Å². The number of aliphatic imine (C=N–C) groups is 1. The Balaban J connectivity index is 1.55. The van der Waals surface area contributed by atoms with Crippen LogP contribution in [0.5, 0.6) is 0 Å². The van der Waals surface area contributed by atoms with Gasteiger partial charge in [0.1, 0.15) is 0 Å². The van der Waals surface area contributed by atoms with Gasteiger partial charge in [-0.1, -0.05) is 0 Å². The average Bonchev–Trinajstić information content (AvgIpc) is 3.22. The monoisotopic (exact) mass is 594 g/mol. The molecule has 2 aromatic rings. The summed E-state index contributed by atoms with van der Waals surface area (Å²) in [6, 6.07) is 7.91. The van der Waals surface area contributed by atoms with Crippen LogP contribution in [0.4, 0.5) is 11.5 Å². The molecule has 5 atom stereocenters. The van der Waals surface area contributed by atoms with Crippen molar-refractivity contribution in [1.82, 2.24) is 9.55 Å². The first kappa shape index (κ1) is 19.9. The van der Waals surface area contributed by atoms with Crippen LogP contribution in [-0.2, 0) is 27.8 Å². The standard InChI is InChI=1S/C10H15N5O4S.C6H6N.Hg/c11-10-13-7-4(8(20)14-10)12-2-15(7)9-6(18)5(17)3(1-16)19-9;7-6-4-2-1-3-5-6;/h2-3,5-6,8-9,16-18,20H,1H2,(H3,11,13,14);2-5H,7H2;/q;;+1/p-1/t3-,5-,6+,8?,9-;;/m1../s1. The van der Waals surface area contributed by atoms with E-state index in [1.165, 1.54) is 9.40 Å². The van der Waals surface area contributed by atoms with Crippen molar-refractivity contribution in [1.29, 1.82) is 0 Å². The first-order valence-electron chi connectivity index (χ1n) is 8.73. The zero-order valence-corrected chi connectivity index (χ0v) is 21.2. The Morgan fingerprint density at radius 3 is 2.64 bits per heavy atom. The number of benzene rings is 1. The molecule has 8 N–H and O–H groups in total. The Labute approximate surface area is 175 Å². The molecule has 1 fully saturated rings. The number of fused-ring (bicyclic) bond motifs is 1. The molecule has 1 aromatic heterocycles. The van der Waals surface area contributed by atoms with Crippen molar-refractivity contribution in [2.45, 2.75) is 29.9 Å². The molecule has 12 heteroatoms. The molecule has 4 rings (SSSR count). The van der Waals surface area contributed by atoms with E-state index in [2.05, 4.69) is 27.4 Å². The molecule has 1 aromatic carbocycles. The molecule has 1 unspecified atom stereocenters. The van der Waals surface area contributed by atoms with Crippen LogP contribution >= 0.6 is 8.24 Å². The van der Waals surface area contributed by atoms with Gasteiger partial charge >= 0.3 is 176 Å². The van der Waals surface area contributed by atoms with Crippen LogP contribution in [0.25, 0.3) is 0 Å². The van der Waals surface area contributed by atoms with Crippen molar-refractivity contribution < 1.29 is 43.1 Å². The predicted octanol–water partition coefficient (Wildman–Crippen LogP) is -1.13. The SMILES string of the molecule is NC1=NC([S][Hg][c]2ccc(N)cc2)c2ncn([C@@H]3O[C@H](CO)[C@@H](O)[C@@H]3O)c2N1. The van der Waals surface area contributed by atoms with Crippen LogP contribution in [0, 0.1) is 0 Å². The Morgan fingerprint density at radius 1 is 1.21 bits per heavy atom. The fraction of sp³-hybridized carbons (Fsp3) is 0.375. The van der Waals surface area contributed by atoms with Gasteiger partial charge in [-0.25, -0.2) is 0 Å². The van der Waals surface area contributed by atoms with E-state index in [1.807, 2.05) is 12.1 Å². The zero-order valence-electron chi connectivity index (χ0n) is 14.8. The Hall–Kier alpha value is -1.37. The summed E-state index contributed by atoms with van der Waals surface area (Å²) in [6.07, 6.45) is -2.59. The third kappa shape index (κ3) is 3.74. The van der Waals surface area contributed by atoms with Gasteiger partial charge in [0, 0.05) is 0 Å². The normalized spacial score (nSPS) is 29.0.